The SMILES string of the molecule is CN(CCO)C(=O)c1nc(NC(=O)N[C@@]2(C=O)C=C[C@@H](Oc3ccc4nnc(C(C)(C)C)n4c3)c3ccccc32)cc(C(C)(C)C)n1. The number of hydrogen-bond donors (Lipinski definition) is 3. The van der Waals surface area contributed by atoms with Gasteiger partial charge in [0, 0.05) is 36.1 Å². The van der Waals surface area contributed by atoms with Crippen LogP contribution in [0.25, 0.3) is 5.65 Å². The molecule has 2 atom stereocenters. The number of likely N-dealkylation sites (N-methyl/N-ethyl adjacent to an activating group) is 1. The molecule has 3 aromatic heterocycles. The summed E-state index contributed by atoms with van der Waals surface area (Å²) in [7, 11) is 1.53. The van der Waals surface area contributed by atoms with E-state index >= 15 is 0 Å². The molecule has 4 aromatic rings. The zero-order valence-corrected chi connectivity index (χ0v) is 27.6. The van der Waals surface area contributed by atoms with Crippen molar-refractivity contribution in [1.82, 2.24) is 34.8 Å². The lowest BCUT2D eigenvalue weighted by molar-refractivity contribution is -0.111. The molecule has 1 aliphatic rings. The summed E-state index contributed by atoms with van der Waals surface area (Å²) in [4.78, 5) is 49.2. The fourth-order valence-corrected chi connectivity index (χ4v) is 5.25. The van der Waals surface area contributed by atoms with E-state index in [0.29, 0.717) is 34.5 Å². The molecule has 3 amide bonds. The fourth-order valence-electron chi connectivity index (χ4n) is 5.25. The van der Waals surface area contributed by atoms with Gasteiger partial charge in [-0.05, 0) is 29.8 Å². The van der Waals surface area contributed by atoms with Crippen LogP contribution in [0.3, 0.4) is 0 Å². The number of anilines is 1. The lowest BCUT2D eigenvalue weighted by atomic mass is 9.81. The molecule has 0 saturated carbocycles. The van der Waals surface area contributed by atoms with Crippen molar-refractivity contribution in [1.29, 1.82) is 0 Å². The van der Waals surface area contributed by atoms with Gasteiger partial charge in [-0.1, -0.05) is 65.8 Å². The van der Waals surface area contributed by atoms with Crippen LogP contribution in [0.4, 0.5) is 10.6 Å². The molecule has 3 N–H and O–H groups in total. The molecule has 0 aliphatic heterocycles. The van der Waals surface area contributed by atoms with Crippen molar-refractivity contribution < 1.29 is 24.2 Å². The van der Waals surface area contributed by atoms with Gasteiger partial charge in [0.05, 0.1) is 18.5 Å². The average molecular weight is 641 g/mol. The number of benzene rings is 1. The van der Waals surface area contributed by atoms with Crippen molar-refractivity contribution >= 4 is 29.7 Å². The molecule has 0 fully saturated rings. The number of urea groups is 1. The van der Waals surface area contributed by atoms with Crippen LogP contribution < -0.4 is 15.4 Å². The lowest BCUT2D eigenvalue weighted by Gasteiger charge is -2.34. The number of aliphatic hydroxyl groups is 1. The largest absolute Gasteiger partial charge is 0.480 e. The summed E-state index contributed by atoms with van der Waals surface area (Å²) in [5, 5.41) is 23.4. The van der Waals surface area contributed by atoms with E-state index in [2.05, 4.69) is 51.6 Å². The van der Waals surface area contributed by atoms with E-state index in [1.165, 1.54) is 11.9 Å². The van der Waals surface area contributed by atoms with Gasteiger partial charge in [0.2, 0.25) is 5.82 Å². The van der Waals surface area contributed by atoms with Crippen LogP contribution in [0.2, 0.25) is 0 Å². The normalized spacial score (nSPS) is 17.6. The number of ether oxygens (including phenoxy) is 1. The third kappa shape index (κ3) is 6.85. The van der Waals surface area contributed by atoms with Gasteiger partial charge >= 0.3 is 6.03 Å². The Morgan fingerprint density at radius 1 is 1.06 bits per heavy atom. The number of nitrogens with zero attached hydrogens (tertiary/aromatic N) is 6. The summed E-state index contributed by atoms with van der Waals surface area (Å²) in [5.41, 5.74) is 0.228. The average Bonchev–Trinajstić information content (AvgIpc) is 3.45. The third-order valence-corrected chi connectivity index (χ3v) is 7.77. The van der Waals surface area contributed by atoms with Gasteiger partial charge in [0.25, 0.3) is 5.91 Å². The van der Waals surface area contributed by atoms with Crippen LogP contribution in [0.1, 0.15) is 80.9 Å². The zero-order valence-electron chi connectivity index (χ0n) is 27.6. The van der Waals surface area contributed by atoms with Gasteiger partial charge in [0.1, 0.15) is 29.0 Å². The van der Waals surface area contributed by atoms with Crippen molar-refractivity contribution in [2.45, 2.75) is 64.0 Å². The predicted octanol–water partition coefficient (Wildman–Crippen LogP) is 4.08. The number of nitrogens with one attached hydrogen (secondary N) is 2. The Morgan fingerprint density at radius 3 is 2.49 bits per heavy atom. The molecule has 0 spiro atoms. The molecule has 5 rings (SSSR count). The van der Waals surface area contributed by atoms with E-state index in [9.17, 15) is 19.5 Å². The highest BCUT2D eigenvalue weighted by Crippen LogP contribution is 2.37. The van der Waals surface area contributed by atoms with Gasteiger partial charge in [-0.2, -0.15) is 0 Å². The molecule has 0 bridgehead atoms. The molecule has 3 heterocycles. The monoisotopic (exact) mass is 640 g/mol. The summed E-state index contributed by atoms with van der Waals surface area (Å²) in [6.45, 7) is 11.8. The molecular formula is C34H40N8O5. The van der Waals surface area contributed by atoms with Gasteiger partial charge in [-0.15, -0.1) is 10.2 Å². The summed E-state index contributed by atoms with van der Waals surface area (Å²) >= 11 is 0. The van der Waals surface area contributed by atoms with Crippen molar-refractivity contribution in [3.8, 4) is 5.75 Å². The Hall–Kier alpha value is -5.17. The van der Waals surface area contributed by atoms with E-state index < -0.39 is 29.0 Å². The molecule has 1 aromatic carbocycles. The minimum atomic E-state index is -1.52. The van der Waals surface area contributed by atoms with Crippen molar-refractivity contribution in [2.24, 2.45) is 0 Å². The predicted molar refractivity (Wildman–Crippen MR) is 175 cm³/mol. The maximum atomic E-state index is 13.5. The Kier molecular flexibility index (Phi) is 8.87. The summed E-state index contributed by atoms with van der Waals surface area (Å²) < 4.78 is 8.31. The van der Waals surface area contributed by atoms with E-state index in [1.54, 1.807) is 30.4 Å². The number of rotatable bonds is 8. The van der Waals surface area contributed by atoms with E-state index in [0.717, 1.165) is 5.82 Å². The Morgan fingerprint density at radius 2 is 1.81 bits per heavy atom. The highest BCUT2D eigenvalue weighted by atomic mass is 16.5. The van der Waals surface area contributed by atoms with Crippen LogP contribution in [0.5, 0.6) is 5.75 Å². The van der Waals surface area contributed by atoms with Crippen molar-refractivity contribution in [3.63, 3.8) is 0 Å². The first kappa shape index (κ1) is 33.2. The Bertz CT molecular complexity index is 1860. The molecule has 246 valence electrons. The minimum Gasteiger partial charge on any atom is -0.480 e. The molecule has 0 radical (unpaired) electrons. The number of carbonyl (C=O) groups excluding carboxylic acids is 3. The first-order chi connectivity index (χ1) is 22.1. The number of carbonyl (C=O) groups is 3. The molecule has 47 heavy (non-hydrogen) atoms. The topological polar surface area (TPSA) is 164 Å². The van der Waals surface area contributed by atoms with Gasteiger partial charge in [-0.25, -0.2) is 14.8 Å². The zero-order chi connectivity index (χ0) is 34.1. The molecule has 0 unspecified atom stereocenters. The molecule has 13 nitrogen and oxygen atoms in total. The fraction of sp³-hybridized carbons (Fsp3) is 0.382. The molecular weight excluding hydrogens is 600 g/mol. The molecule has 0 saturated heterocycles. The standard InChI is InChI=1S/C34H40N8O5/c1-32(2,3)25-18-26(36-28(35-25)29(45)41(7)16-17-43)37-31(46)38-34(20-44)15-14-24(22-10-8-9-11-23(22)34)47-21-12-13-27-39-40-30(33(4,5)6)42(27)19-21/h8-15,18-20,24,43H,16-17H2,1-7H3,(H2,35,36,37,38,46)/t24-,34-/m1/s1. The highest BCUT2D eigenvalue weighted by molar-refractivity contribution is 5.94. The lowest BCUT2D eigenvalue weighted by Crippen LogP contribution is -2.49. The number of fused-ring (bicyclic) bond motifs is 2. The first-order valence-corrected chi connectivity index (χ1v) is 15.3. The van der Waals surface area contributed by atoms with Gasteiger partial charge < -0.3 is 20.1 Å². The summed E-state index contributed by atoms with van der Waals surface area (Å²) in [6.07, 6.45) is 5.28. The number of aromatic nitrogens is 5. The van der Waals surface area contributed by atoms with Gasteiger partial charge in [0.15, 0.2) is 11.9 Å². The second-order valence-corrected chi connectivity index (χ2v) is 13.6. The van der Waals surface area contributed by atoms with E-state index in [4.69, 9.17) is 4.74 Å². The Balaban J connectivity index is 1.42. The van der Waals surface area contributed by atoms with Gasteiger partial charge in [-0.3, -0.25) is 19.3 Å². The van der Waals surface area contributed by atoms with Crippen LogP contribution >= 0.6 is 0 Å². The van der Waals surface area contributed by atoms with Crippen LogP contribution in [0, 0.1) is 0 Å². The number of amides is 3. The Labute approximate surface area is 273 Å². The third-order valence-electron chi connectivity index (χ3n) is 7.77. The number of hydrogen-bond acceptors (Lipinski definition) is 9. The maximum Gasteiger partial charge on any atom is 0.321 e. The second-order valence-electron chi connectivity index (χ2n) is 13.6. The first-order valence-electron chi connectivity index (χ1n) is 15.3. The van der Waals surface area contributed by atoms with Crippen molar-refractivity contribution in [2.75, 3.05) is 25.5 Å². The molecule has 13 heteroatoms. The molecule has 1 aliphatic carbocycles. The van der Waals surface area contributed by atoms with E-state index in [1.807, 2.05) is 55.6 Å². The second kappa shape index (κ2) is 12.6. The highest BCUT2D eigenvalue weighted by Gasteiger charge is 2.38. The maximum absolute atomic E-state index is 13.5. The van der Waals surface area contributed by atoms with Crippen LogP contribution in [-0.2, 0) is 21.2 Å². The van der Waals surface area contributed by atoms with E-state index in [-0.39, 0.29) is 30.2 Å². The quantitative estimate of drug-likeness (QED) is 0.190. The smallest absolute Gasteiger partial charge is 0.321 e. The number of pyridine rings is 1. The number of aliphatic hydroxyl groups excluding tert-OH is 1. The van der Waals surface area contributed by atoms with Crippen LogP contribution in [-0.4, -0.2) is 73.0 Å². The van der Waals surface area contributed by atoms with Crippen LogP contribution in [0.15, 0.2) is 60.8 Å². The summed E-state index contributed by atoms with van der Waals surface area (Å²) in [5.74, 6) is 0.810. The number of aldehydes is 1. The van der Waals surface area contributed by atoms with Crippen molar-refractivity contribution in [3.05, 3.63) is 89.3 Å². The minimum absolute atomic E-state index is 0.0810. The summed E-state index contributed by atoms with van der Waals surface area (Å²) in [6, 6.07) is 11.7.